The van der Waals surface area contributed by atoms with Gasteiger partial charge in [-0.15, -0.1) is 12.4 Å². The Kier molecular flexibility index (Phi) is 7.71. The lowest BCUT2D eigenvalue weighted by Gasteiger charge is -2.57. The molecular weight excluding hydrogens is 390 g/mol. The van der Waals surface area contributed by atoms with E-state index in [1.807, 2.05) is 49.9 Å². The summed E-state index contributed by atoms with van der Waals surface area (Å²) in [5.74, 6) is 0.0569. The topological polar surface area (TPSA) is 84.7 Å². The molecule has 2 fully saturated rings. The summed E-state index contributed by atoms with van der Waals surface area (Å²) in [4.78, 5) is 26.9. The SMILES string of the molecule is CCOC1CC(N)(C(=O)Nc2ccc(CCC(=O)N3CCCC3)cc2)C1(C)C.Cl. The van der Waals surface area contributed by atoms with Crippen LogP contribution in [0.15, 0.2) is 24.3 Å². The maximum absolute atomic E-state index is 12.8. The summed E-state index contributed by atoms with van der Waals surface area (Å²) >= 11 is 0. The maximum atomic E-state index is 12.8. The summed E-state index contributed by atoms with van der Waals surface area (Å²) < 4.78 is 5.70. The number of likely N-dealkylation sites (tertiary alicyclic amines) is 1. The average molecular weight is 424 g/mol. The number of halogens is 1. The Balaban J connectivity index is 0.00000300. The Hall–Kier alpha value is -1.63. The van der Waals surface area contributed by atoms with Crippen LogP contribution in [0.2, 0.25) is 0 Å². The second-order valence-corrected chi connectivity index (χ2v) is 8.58. The lowest BCUT2D eigenvalue weighted by Crippen LogP contribution is -2.74. The van der Waals surface area contributed by atoms with Crippen LogP contribution in [0.25, 0.3) is 0 Å². The molecule has 162 valence electrons. The Morgan fingerprint density at radius 1 is 1.21 bits per heavy atom. The van der Waals surface area contributed by atoms with Gasteiger partial charge in [-0.25, -0.2) is 0 Å². The van der Waals surface area contributed by atoms with Crippen LogP contribution in [-0.4, -0.2) is 48.1 Å². The zero-order valence-electron chi connectivity index (χ0n) is 17.7. The van der Waals surface area contributed by atoms with Gasteiger partial charge in [-0.2, -0.15) is 0 Å². The molecule has 0 bridgehead atoms. The van der Waals surface area contributed by atoms with Crippen LogP contribution in [-0.2, 0) is 20.7 Å². The third kappa shape index (κ3) is 4.76. The van der Waals surface area contributed by atoms with E-state index in [1.54, 1.807) is 0 Å². The standard InChI is InChI=1S/C22H33N3O3.ClH/c1-4-28-18-15-22(23,21(18,2)3)20(27)24-17-10-7-16(8-11-17)9-12-19(26)25-13-5-6-14-25;/h7-8,10-11,18H,4-6,9,12-15,23H2,1-3H3,(H,24,27);1H. The minimum atomic E-state index is -0.937. The average Bonchev–Trinajstić information content (AvgIpc) is 3.21. The number of carbonyl (C=O) groups is 2. The first-order chi connectivity index (χ1) is 13.3. The minimum absolute atomic E-state index is 0. The largest absolute Gasteiger partial charge is 0.378 e. The molecule has 7 heteroatoms. The molecule has 1 saturated carbocycles. The quantitative estimate of drug-likeness (QED) is 0.705. The summed E-state index contributed by atoms with van der Waals surface area (Å²) in [6.45, 7) is 8.32. The van der Waals surface area contributed by atoms with Gasteiger partial charge in [-0.3, -0.25) is 9.59 Å². The van der Waals surface area contributed by atoms with E-state index in [1.165, 1.54) is 0 Å². The summed E-state index contributed by atoms with van der Waals surface area (Å²) in [5.41, 5.74) is 6.89. The van der Waals surface area contributed by atoms with Crippen molar-refractivity contribution < 1.29 is 14.3 Å². The van der Waals surface area contributed by atoms with E-state index in [0.29, 0.717) is 25.9 Å². The number of benzene rings is 1. The van der Waals surface area contributed by atoms with Crippen LogP contribution in [0.4, 0.5) is 5.69 Å². The Morgan fingerprint density at radius 2 is 1.83 bits per heavy atom. The first kappa shape index (κ1) is 23.6. The number of aryl methyl sites for hydroxylation is 1. The van der Waals surface area contributed by atoms with E-state index in [2.05, 4.69) is 5.32 Å². The van der Waals surface area contributed by atoms with Crippen molar-refractivity contribution >= 4 is 29.9 Å². The van der Waals surface area contributed by atoms with Crippen LogP contribution >= 0.6 is 12.4 Å². The highest BCUT2D eigenvalue weighted by atomic mass is 35.5. The van der Waals surface area contributed by atoms with Crippen molar-refractivity contribution in [3.63, 3.8) is 0 Å². The van der Waals surface area contributed by atoms with E-state index >= 15 is 0 Å². The molecule has 29 heavy (non-hydrogen) atoms. The van der Waals surface area contributed by atoms with Gasteiger partial charge in [0.05, 0.1) is 6.10 Å². The van der Waals surface area contributed by atoms with Gasteiger partial charge in [0, 0.05) is 43.6 Å². The van der Waals surface area contributed by atoms with Gasteiger partial charge in [-0.1, -0.05) is 26.0 Å². The molecule has 0 spiro atoms. The molecular formula is C22H34ClN3O3. The number of nitrogens with one attached hydrogen (secondary N) is 1. The van der Waals surface area contributed by atoms with E-state index in [0.717, 1.165) is 37.2 Å². The highest BCUT2D eigenvalue weighted by Crippen LogP contribution is 2.50. The molecule has 1 aliphatic carbocycles. The number of nitrogens with zero attached hydrogens (tertiary/aromatic N) is 1. The first-order valence-corrected chi connectivity index (χ1v) is 10.4. The van der Waals surface area contributed by atoms with Crippen LogP contribution in [0.5, 0.6) is 0 Å². The number of nitrogens with two attached hydrogens (primary N) is 1. The van der Waals surface area contributed by atoms with Gasteiger partial charge in [0.15, 0.2) is 0 Å². The molecule has 2 amide bonds. The van der Waals surface area contributed by atoms with E-state index in [9.17, 15) is 9.59 Å². The Labute approximate surface area is 179 Å². The van der Waals surface area contributed by atoms with Crippen molar-refractivity contribution in [3.8, 4) is 0 Å². The zero-order valence-corrected chi connectivity index (χ0v) is 18.5. The highest BCUT2D eigenvalue weighted by molar-refractivity contribution is 5.99. The van der Waals surface area contributed by atoms with Crippen molar-refractivity contribution in [2.75, 3.05) is 25.0 Å². The monoisotopic (exact) mass is 423 g/mol. The fourth-order valence-electron chi connectivity index (χ4n) is 4.19. The number of anilines is 1. The molecule has 3 rings (SSSR count). The number of ether oxygens (including phenoxy) is 1. The molecule has 1 aromatic carbocycles. The molecule has 1 aliphatic heterocycles. The van der Waals surface area contributed by atoms with Crippen molar-refractivity contribution in [2.24, 2.45) is 11.1 Å². The normalized spacial score (nSPS) is 25.1. The van der Waals surface area contributed by atoms with Gasteiger partial charge >= 0.3 is 0 Å². The lowest BCUT2D eigenvalue weighted by molar-refractivity contribution is -0.166. The first-order valence-electron chi connectivity index (χ1n) is 10.4. The number of hydrogen-bond acceptors (Lipinski definition) is 4. The van der Waals surface area contributed by atoms with Gasteiger partial charge in [0.1, 0.15) is 5.54 Å². The molecule has 2 aliphatic rings. The molecule has 6 nitrogen and oxygen atoms in total. The van der Waals surface area contributed by atoms with Crippen LogP contribution in [0.3, 0.4) is 0 Å². The van der Waals surface area contributed by atoms with Gasteiger partial charge in [-0.05, 0) is 43.9 Å². The van der Waals surface area contributed by atoms with E-state index < -0.39 is 11.0 Å². The van der Waals surface area contributed by atoms with Crippen molar-refractivity contribution in [1.29, 1.82) is 0 Å². The van der Waals surface area contributed by atoms with Crippen molar-refractivity contribution in [3.05, 3.63) is 29.8 Å². The maximum Gasteiger partial charge on any atom is 0.245 e. The predicted octanol–water partition coefficient (Wildman–Crippen LogP) is 3.13. The molecule has 2 unspecified atom stereocenters. The van der Waals surface area contributed by atoms with Gasteiger partial charge < -0.3 is 20.7 Å². The molecule has 1 heterocycles. The second-order valence-electron chi connectivity index (χ2n) is 8.58. The molecule has 1 aromatic rings. The summed E-state index contributed by atoms with van der Waals surface area (Å²) in [6, 6.07) is 7.68. The number of carbonyl (C=O) groups excluding carboxylic acids is 2. The molecule has 0 radical (unpaired) electrons. The Bertz CT molecular complexity index is 717. The van der Waals surface area contributed by atoms with Crippen molar-refractivity contribution in [1.82, 2.24) is 4.90 Å². The lowest BCUT2D eigenvalue weighted by atomic mass is 9.54. The molecule has 3 N–H and O–H groups in total. The Morgan fingerprint density at radius 3 is 2.38 bits per heavy atom. The molecule has 1 saturated heterocycles. The third-order valence-corrected chi connectivity index (χ3v) is 6.53. The van der Waals surface area contributed by atoms with E-state index in [4.69, 9.17) is 10.5 Å². The van der Waals surface area contributed by atoms with Gasteiger partial charge in [0.25, 0.3) is 0 Å². The highest BCUT2D eigenvalue weighted by Gasteiger charge is 2.62. The van der Waals surface area contributed by atoms with Gasteiger partial charge in [0.2, 0.25) is 11.8 Å². The van der Waals surface area contributed by atoms with Crippen molar-refractivity contribution in [2.45, 2.75) is 64.5 Å². The number of amides is 2. The van der Waals surface area contributed by atoms with Crippen LogP contribution in [0.1, 0.15) is 52.0 Å². The zero-order chi connectivity index (χ0) is 20.4. The molecule has 0 aromatic heterocycles. The fourth-order valence-corrected chi connectivity index (χ4v) is 4.19. The molecule has 2 atom stereocenters. The summed E-state index contributed by atoms with van der Waals surface area (Å²) in [7, 11) is 0. The summed E-state index contributed by atoms with van der Waals surface area (Å²) in [6.07, 6.45) is 4.01. The minimum Gasteiger partial charge on any atom is -0.378 e. The summed E-state index contributed by atoms with van der Waals surface area (Å²) in [5, 5.41) is 2.94. The number of hydrogen-bond donors (Lipinski definition) is 2. The van der Waals surface area contributed by atoms with Crippen LogP contribution < -0.4 is 11.1 Å². The third-order valence-electron chi connectivity index (χ3n) is 6.53. The predicted molar refractivity (Wildman–Crippen MR) is 117 cm³/mol. The fraction of sp³-hybridized carbons (Fsp3) is 0.636. The van der Waals surface area contributed by atoms with E-state index in [-0.39, 0.29) is 30.3 Å². The van der Waals surface area contributed by atoms with Crippen LogP contribution in [0, 0.1) is 5.41 Å². The smallest absolute Gasteiger partial charge is 0.245 e. The second kappa shape index (κ2) is 9.45. The number of rotatable bonds is 7.